The molecule has 0 spiro atoms. The SMILES string of the molecule is CC[C@H]1OC(=O)[C@H](C)[C@@H](O[C@H]2C[C@@](C)(OC)[C@@H](O[Si](C)(C)C)[C@H](C)O2)[C@H](C)[C@@H](O[C@@H]2O[C@H](C)C[C@H](N(C)C)[C@H]2O[Si](C)(C)C)[C@](C)(O)C[C@@H](C)/C(=N/OC(C)(C)OC)[C@H](C)[C@@H](O)[C@]1(C)O. The molecule has 0 unspecified atom stereocenters. The molecule has 0 aliphatic carbocycles. The summed E-state index contributed by atoms with van der Waals surface area (Å²) in [6, 6.07) is -0.0783. The highest BCUT2D eigenvalue weighted by Gasteiger charge is 2.55. The quantitative estimate of drug-likeness (QED) is 0.0724. The topological polar surface area (TPSA) is 186 Å². The summed E-state index contributed by atoms with van der Waals surface area (Å²) in [5.74, 6) is -5.02. The summed E-state index contributed by atoms with van der Waals surface area (Å²) in [4.78, 5) is 22.8. The highest BCUT2D eigenvalue weighted by Crippen LogP contribution is 2.42. The van der Waals surface area contributed by atoms with Gasteiger partial charge in [-0.3, -0.25) is 4.79 Å². The average molecular weight is 965 g/mol. The van der Waals surface area contributed by atoms with Crippen molar-refractivity contribution < 1.29 is 67.0 Å². The Bertz CT molecular complexity index is 1550. The Balaban J connectivity index is 2.35. The van der Waals surface area contributed by atoms with Gasteiger partial charge in [-0.1, -0.05) is 32.9 Å². The van der Waals surface area contributed by atoms with Gasteiger partial charge in [0, 0.05) is 58.3 Å². The number of hydrogen-bond acceptors (Lipinski definition) is 16. The van der Waals surface area contributed by atoms with Gasteiger partial charge in [0.25, 0.3) is 0 Å². The molecule has 382 valence electrons. The van der Waals surface area contributed by atoms with Gasteiger partial charge in [0.2, 0.25) is 5.79 Å². The number of carbonyl (C=O) groups is 1. The number of oxime groups is 1. The molecule has 0 saturated carbocycles. The molecule has 3 aliphatic rings. The first-order chi connectivity index (χ1) is 29.5. The summed E-state index contributed by atoms with van der Waals surface area (Å²) in [6.07, 6.45) is -6.97. The van der Waals surface area contributed by atoms with Crippen LogP contribution >= 0.6 is 0 Å². The van der Waals surface area contributed by atoms with E-state index in [1.807, 2.05) is 48.7 Å². The van der Waals surface area contributed by atoms with Gasteiger partial charge in [0.05, 0.1) is 59.5 Å². The normalized spacial score (nSPS) is 43.0. The predicted molar refractivity (Wildman–Crippen MR) is 255 cm³/mol. The Kier molecular flexibility index (Phi) is 20.0. The number of aliphatic hydroxyl groups excluding tert-OH is 1. The Morgan fingerprint density at radius 3 is 1.94 bits per heavy atom. The van der Waals surface area contributed by atoms with Crippen molar-refractivity contribution in [3.05, 3.63) is 0 Å². The third-order valence-electron chi connectivity index (χ3n) is 13.6. The minimum Gasteiger partial charge on any atom is -0.459 e. The van der Waals surface area contributed by atoms with E-state index >= 15 is 0 Å². The summed E-state index contributed by atoms with van der Waals surface area (Å²) in [7, 11) is 2.90. The number of rotatable bonds is 14. The standard InChI is InChI=1S/C47H92N2O14Si2/c1-23-34-47(12,53)39(50)29(4)36(48-63-44(8,9)54-15)27(2)25-45(10,52)40(60-43-38(61-64(17,18)19)33(49(13)14)24-28(3)56-43)30(5)37(31(6)42(51)58-34)59-35-26-46(11,55-16)41(32(7)57-35)62-65(20,21)22/h27-35,37-41,43,50,52-53H,23-26H2,1-22H3/b48-36-/t27-,28-,29+,30+,31-,32+,33+,34-,35+,37+,38-,39-,40-,41+,43+,45-,46-,47-/m1/s1. The molecular weight excluding hydrogens is 873 g/mol. The van der Waals surface area contributed by atoms with Crippen LogP contribution in [0.3, 0.4) is 0 Å². The van der Waals surface area contributed by atoms with E-state index in [0.717, 1.165) is 0 Å². The zero-order valence-electron chi connectivity index (χ0n) is 44.2. The lowest BCUT2D eigenvalue weighted by atomic mass is 9.73. The Hall–Kier alpha value is -1.11. The van der Waals surface area contributed by atoms with Crippen LogP contribution in [-0.4, -0.2) is 167 Å². The molecule has 3 saturated heterocycles. The summed E-state index contributed by atoms with van der Waals surface area (Å²) < 4.78 is 59.1. The van der Waals surface area contributed by atoms with E-state index in [-0.39, 0.29) is 31.4 Å². The molecule has 0 bridgehead atoms. The second-order valence-corrected chi connectivity index (χ2v) is 31.6. The van der Waals surface area contributed by atoms with Crippen molar-refractivity contribution in [2.24, 2.45) is 28.8 Å². The monoisotopic (exact) mass is 965 g/mol. The van der Waals surface area contributed by atoms with Gasteiger partial charge in [-0.15, -0.1) is 0 Å². The zero-order chi connectivity index (χ0) is 50.0. The largest absolute Gasteiger partial charge is 0.459 e. The third kappa shape index (κ3) is 15.0. The first-order valence-electron chi connectivity index (χ1n) is 23.9. The molecule has 3 rings (SSSR count). The molecule has 0 radical (unpaired) electrons. The fourth-order valence-electron chi connectivity index (χ4n) is 9.90. The Labute approximate surface area is 394 Å². The summed E-state index contributed by atoms with van der Waals surface area (Å²) >= 11 is 0. The molecule has 3 fully saturated rings. The van der Waals surface area contributed by atoms with Crippen LogP contribution in [0, 0.1) is 23.7 Å². The van der Waals surface area contributed by atoms with Gasteiger partial charge < -0.3 is 67.1 Å². The number of ether oxygens (including phenoxy) is 7. The third-order valence-corrected chi connectivity index (χ3v) is 15.6. The molecule has 0 aromatic carbocycles. The van der Waals surface area contributed by atoms with Crippen LogP contribution in [0.25, 0.3) is 0 Å². The molecule has 3 N–H and O–H groups in total. The van der Waals surface area contributed by atoms with Crippen LogP contribution in [0.4, 0.5) is 0 Å². The number of hydrogen-bond donors (Lipinski definition) is 3. The average Bonchev–Trinajstić information content (AvgIpc) is 3.17. The van der Waals surface area contributed by atoms with Crippen molar-refractivity contribution in [3.8, 4) is 0 Å². The first kappa shape index (κ1) is 58.2. The van der Waals surface area contributed by atoms with Crippen molar-refractivity contribution in [2.45, 2.75) is 238 Å². The van der Waals surface area contributed by atoms with Gasteiger partial charge in [-0.25, -0.2) is 0 Å². The van der Waals surface area contributed by atoms with Crippen molar-refractivity contribution in [2.75, 3.05) is 28.3 Å². The van der Waals surface area contributed by atoms with E-state index < -0.39 is 124 Å². The molecule has 3 aliphatic heterocycles. The van der Waals surface area contributed by atoms with E-state index in [9.17, 15) is 20.1 Å². The lowest BCUT2D eigenvalue weighted by Gasteiger charge is -2.51. The molecular formula is C47H92N2O14Si2. The number of methoxy groups -OCH3 is 2. The summed E-state index contributed by atoms with van der Waals surface area (Å²) in [5, 5.41) is 42.0. The molecule has 16 nitrogen and oxygen atoms in total. The van der Waals surface area contributed by atoms with E-state index in [2.05, 4.69) is 49.3 Å². The van der Waals surface area contributed by atoms with Gasteiger partial charge in [-0.2, -0.15) is 0 Å². The van der Waals surface area contributed by atoms with E-state index in [1.165, 1.54) is 14.0 Å². The maximum atomic E-state index is 14.7. The fourth-order valence-corrected chi connectivity index (χ4v) is 12.2. The van der Waals surface area contributed by atoms with Crippen LogP contribution in [0.1, 0.15) is 109 Å². The van der Waals surface area contributed by atoms with Crippen LogP contribution in [0.15, 0.2) is 5.16 Å². The second-order valence-electron chi connectivity index (χ2n) is 22.7. The number of cyclic esters (lactones) is 1. The Morgan fingerprint density at radius 1 is 0.846 bits per heavy atom. The molecule has 18 heteroatoms. The lowest BCUT2D eigenvalue weighted by Crippen LogP contribution is -2.62. The van der Waals surface area contributed by atoms with Crippen LogP contribution in [-0.2, 0) is 51.6 Å². The number of aliphatic hydroxyl groups is 3. The van der Waals surface area contributed by atoms with Crippen molar-refractivity contribution >= 4 is 28.3 Å². The van der Waals surface area contributed by atoms with Crippen molar-refractivity contribution in [1.82, 2.24) is 4.90 Å². The molecule has 18 atom stereocenters. The van der Waals surface area contributed by atoms with E-state index in [0.29, 0.717) is 12.1 Å². The smallest absolute Gasteiger partial charge is 0.311 e. The zero-order valence-corrected chi connectivity index (χ0v) is 46.2. The summed E-state index contributed by atoms with van der Waals surface area (Å²) in [5.41, 5.74) is -4.12. The van der Waals surface area contributed by atoms with Gasteiger partial charge in [-0.05, 0) is 114 Å². The molecule has 0 amide bonds. The van der Waals surface area contributed by atoms with E-state index in [4.69, 9.17) is 46.8 Å². The summed E-state index contributed by atoms with van der Waals surface area (Å²) in [6.45, 7) is 34.2. The van der Waals surface area contributed by atoms with Crippen molar-refractivity contribution in [3.63, 3.8) is 0 Å². The maximum Gasteiger partial charge on any atom is 0.311 e. The van der Waals surface area contributed by atoms with Crippen LogP contribution in [0.5, 0.6) is 0 Å². The number of nitrogens with zero attached hydrogens (tertiary/aromatic N) is 2. The van der Waals surface area contributed by atoms with Crippen LogP contribution < -0.4 is 0 Å². The number of carbonyl (C=O) groups excluding carboxylic acids is 1. The van der Waals surface area contributed by atoms with Crippen molar-refractivity contribution in [1.29, 1.82) is 0 Å². The van der Waals surface area contributed by atoms with Crippen LogP contribution in [0.2, 0.25) is 39.3 Å². The highest BCUT2D eigenvalue weighted by molar-refractivity contribution is 6.70. The number of esters is 1. The Morgan fingerprint density at radius 2 is 1.43 bits per heavy atom. The maximum absolute atomic E-state index is 14.7. The van der Waals surface area contributed by atoms with E-state index in [1.54, 1.807) is 48.7 Å². The molecule has 0 aromatic rings. The second kappa shape index (κ2) is 22.3. The minimum atomic E-state index is -2.22. The first-order valence-corrected chi connectivity index (χ1v) is 30.7. The minimum absolute atomic E-state index is 0.0346. The van der Waals surface area contributed by atoms with Gasteiger partial charge in [0.15, 0.2) is 29.2 Å². The molecule has 3 heterocycles. The van der Waals surface area contributed by atoms with Gasteiger partial charge >= 0.3 is 5.97 Å². The fraction of sp³-hybridized carbons (Fsp3) is 0.957. The molecule has 0 aromatic heterocycles. The molecule has 65 heavy (non-hydrogen) atoms. The predicted octanol–water partition coefficient (Wildman–Crippen LogP) is 6.69. The lowest BCUT2D eigenvalue weighted by molar-refractivity contribution is -0.315. The highest BCUT2D eigenvalue weighted by atomic mass is 28.4. The number of likely N-dealkylation sites (N-methyl/N-ethyl adjacent to an activating group) is 1. The van der Waals surface area contributed by atoms with Gasteiger partial charge in [0.1, 0.15) is 17.8 Å².